The van der Waals surface area contributed by atoms with Crippen molar-refractivity contribution in [1.29, 1.82) is 0 Å². The highest BCUT2D eigenvalue weighted by atomic mass is 32.1. The first-order chi connectivity index (χ1) is 7.18. The van der Waals surface area contributed by atoms with Gasteiger partial charge in [0.2, 0.25) is 0 Å². The molecule has 0 aliphatic carbocycles. The first-order valence-corrected chi connectivity index (χ1v) is 5.71. The quantitative estimate of drug-likeness (QED) is 0.761. The van der Waals surface area contributed by atoms with Crippen LogP contribution in [0.3, 0.4) is 0 Å². The maximum Gasteiger partial charge on any atom is 0.0649 e. The fourth-order valence-corrected chi connectivity index (χ4v) is 2.56. The molecule has 2 nitrogen and oxygen atoms in total. The van der Waals surface area contributed by atoms with E-state index in [1.807, 2.05) is 24.3 Å². The Hall–Kier alpha value is -1.32. The van der Waals surface area contributed by atoms with Gasteiger partial charge >= 0.3 is 0 Å². The van der Waals surface area contributed by atoms with E-state index in [1.165, 1.54) is 10.4 Å². The molecule has 3 heteroatoms. The van der Waals surface area contributed by atoms with Gasteiger partial charge in [0.25, 0.3) is 0 Å². The van der Waals surface area contributed by atoms with Gasteiger partial charge in [-0.05, 0) is 41.6 Å². The standard InChI is InChI=1S/C12H14N2S/c1-8-5-6-15-12(8)11(14)9-3-2-4-10(13)7-9/h2-7,11H,13-14H2,1H3. The molecular weight excluding hydrogens is 204 g/mol. The highest BCUT2D eigenvalue weighted by molar-refractivity contribution is 7.10. The van der Waals surface area contributed by atoms with Crippen LogP contribution in [0.5, 0.6) is 0 Å². The van der Waals surface area contributed by atoms with Gasteiger partial charge in [0.15, 0.2) is 0 Å². The van der Waals surface area contributed by atoms with Gasteiger partial charge in [-0.1, -0.05) is 12.1 Å². The maximum atomic E-state index is 6.19. The number of aryl methyl sites for hydroxylation is 1. The van der Waals surface area contributed by atoms with Gasteiger partial charge < -0.3 is 11.5 Å². The molecule has 0 amide bonds. The lowest BCUT2D eigenvalue weighted by atomic mass is 10.0. The molecule has 1 atom stereocenters. The van der Waals surface area contributed by atoms with Crippen LogP contribution in [-0.4, -0.2) is 0 Å². The summed E-state index contributed by atoms with van der Waals surface area (Å²) in [7, 11) is 0. The van der Waals surface area contributed by atoms with E-state index in [1.54, 1.807) is 11.3 Å². The summed E-state index contributed by atoms with van der Waals surface area (Å²) in [5.41, 5.74) is 15.0. The van der Waals surface area contributed by atoms with Gasteiger partial charge in [0, 0.05) is 10.6 Å². The van der Waals surface area contributed by atoms with Gasteiger partial charge in [-0.3, -0.25) is 0 Å². The molecule has 0 bridgehead atoms. The minimum absolute atomic E-state index is 0.0616. The van der Waals surface area contributed by atoms with Crippen LogP contribution in [0.2, 0.25) is 0 Å². The molecule has 1 unspecified atom stereocenters. The lowest BCUT2D eigenvalue weighted by molar-refractivity contribution is 0.886. The number of benzene rings is 1. The minimum atomic E-state index is -0.0616. The third kappa shape index (κ3) is 2.03. The number of nitrogen functional groups attached to an aromatic ring is 1. The second kappa shape index (κ2) is 4.04. The summed E-state index contributed by atoms with van der Waals surface area (Å²) in [4.78, 5) is 1.21. The van der Waals surface area contributed by atoms with Gasteiger partial charge in [0.1, 0.15) is 0 Å². The Morgan fingerprint density at radius 1 is 1.27 bits per heavy atom. The zero-order valence-corrected chi connectivity index (χ0v) is 9.42. The van der Waals surface area contributed by atoms with Crippen molar-refractivity contribution in [3.05, 3.63) is 51.7 Å². The van der Waals surface area contributed by atoms with Crippen molar-refractivity contribution in [3.8, 4) is 0 Å². The minimum Gasteiger partial charge on any atom is -0.399 e. The van der Waals surface area contributed by atoms with E-state index in [-0.39, 0.29) is 6.04 Å². The van der Waals surface area contributed by atoms with Crippen LogP contribution >= 0.6 is 11.3 Å². The van der Waals surface area contributed by atoms with Crippen molar-refractivity contribution in [1.82, 2.24) is 0 Å². The molecule has 0 saturated carbocycles. The smallest absolute Gasteiger partial charge is 0.0649 e. The number of anilines is 1. The summed E-state index contributed by atoms with van der Waals surface area (Å²) < 4.78 is 0. The molecule has 2 aromatic rings. The molecule has 1 aromatic carbocycles. The topological polar surface area (TPSA) is 52.0 Å². The number of hydrogen-bond acceptors (Lipinski definition) is 3. The molecule has 0 aliphatic heterocycles. The Balaban J connectivity index is 2.36. The second-order valence-corrected chi connectivity index (χ2v) is 4.56. The molecule has 0 saturated heterocycles. The molecule has 15 heavy (non-hydrogen) atoms. The summed E-state index contributed by atoms with van der Waals surface area (Å²) in [6.45, 7) is 2.08. The monoisotopic (exact) mass is 218 g/mol. The van der Waals surface area contributed by atoms with E-state index >= 15 is 0 Å². The average Bonchev–Trinajstić information content (AvgIpc) is 2.63. The van der Waals surface area contributed by atoms with E-state index < -0.39 is 0 Å². The summed E-state index contributed by atoms with van der Waals surface area (Å²) in [6.07, 6.45) is 0. The third-order valence-corrected chi connectivity index (χ3v) is 3.56. The van der Waals surface area contributed by atoms with E-state index in [9.17, 15) is 0 Å². The summed E-state index contributed by atoms with van der Waals surface area (Å²) in [5.74, 6) is 0. The summed E-state index contributed by atoms with van der Waals surface area (Å²) in [6, 6.07) is 9.79. The lowest BCUT2D eigenvalue weighted by Crippen LogP contribution is -2.11. The molecule has 4 N–H and O–H groups in total. The molecule has 0 aliphatic rings. The second-order valence-electron chi connectivity index (χ2n) is 3.62. The predicted octanol–water partition coefficient (Wildman–Crippen LogP) is 2.69. The lowest BCUT2D eigenvalue weighted by Gasteiger charge is -2.12. The van der Waals surface area contributed by atoms with E-state index in [0.717, 1.165) is 11.3 Å². The number of hydrogen-bond donors (Lipinski definition) is 2. The Bertz CT molecular complexity index is 462. The van der Waals surface area contributed by atoms with E-state index in [4.69, 9.17) is 11.5 Å². The third-order valence-electron chi connectivity index (χ3n) is 2.45. The number of thiophene rings is 1. The predicted molar refractivity (Wildman–Crippen MR) is 65.9 cm³/mol. The largest absolute Gasteiger partial charge is 0.399 e. The highest BCUT2D eigenvalue weighted by Gasteiger charge is 2.12. The molecule has 78 valence electrons. The van der Waals surface area contributed by atoms with Crippen LogP contribution in [0.15, 0.2) is 35.7 Å². The van der Waals surface area contributed by atoms with Gasteiger partial charge in [-0.2, -0.15) is 0 Å². The summed E-state index contributed by atoms with van der Waals surface area (Å²) in [5, 5.41) is 2.07. The Morgan fingerprint density at radius 3 is 2.67 bits per heavy atom. The molecule has 2 rings (SSSR count). The van der Waals surface area contributed by atoms with Crippen LogP contribution in [0, 0.1) is 6.92 Å². The molecule has 0 fully saturated rings. The van der Waals surface area contributed by atoms with Crippen LogP contribution in [0.25, 0.3) is 0 Å². The first-order valence-electron chi connectivity index (χ1n) is 4.83. The normalized spacial score (nSPS) is 12.7. The van der Waals surface area contributed by atoms with Gasteiger partial charge in [-0.15, -0.1) is 11.3 Å². The van der Waals surface area contributed by atoms with Crippen molar-refractivity contribution < 1.29 is 0 Å². The van der Waals surface area contributed by atoms with Crippen LogP contribution in [0.4, 0.5) is 5.69 Å². The zero-order valence-electron chi connectivity index (χ0n) is 8.60. The van der Waals surface area contributed by atoms with Crippen molar-refractivity contribution in [2.24, 2.45) is 5.73 Å². The maximum absolute atomic E-state index is 6.19. The SMILES string of the molecule is Cc1ccsc1C(N)c1cccc(N)c1. The Labute approximate surface area is 93.5 Å². The van der Waals surface area contributed by atoms with Crippen LogP contribution in [-0.2, 0) is 0 Å². The first kappa shape index (κ1) is 10.2. The fraction of sp³-hybridized carbons (Fsp3) is 0.167. The number of nitrogens with two attached hydrogens (primary N) is 2. The molecule has 1 heterocycles. The van der Waals surface area contributed by atoms with E-state index in [0.29, 0.717) is 0 Å². The molecule has 1 aromatic heterocycles. The zero-order chi connectivity index (χ0) is 10.8. The van der Waals surface area contributed by atoms with Crippen molar-refractivity contribution >= 4 is 17.0 Å². The Kier molecular flexibility index (Phi) is 2.75. The fourth-order valence-electron chi connectivity index (χ4n) is 1.61. The molecule has 0 radical (unpaired) electrons. The Morgan fingerprint density at radius 2 is 2.07 bits per heavy atom. The van der Waals surface area contributed by atoms with Crippen molar-refractivity contribution in [2.45, 2.75) is 13.0 Å². The van der Waals surface area contributed by atoms with E-state index in [2.05, 4.69) is 18.4 Å². The molecule has 0 spiro atoms. The van der Waals surface area contributed by atoms with Gasteiger partial charge in [-0.25, -0.2) is 0 Å². The average molecular weight is 218 g/mol. The number of rotatable bonds is 2. The van der Waals surface area contributed by atoms with Crippen LogP contribution in [0.1, 0.15) is 22.0 Å². The van der Waals surface area contributed by atoms with Crippen molar-refractivity contribution in [2.75, 3.05) is 5.73 Å². The summed E-state index contributed by atoms with van der Waals surface area (Å²) >= 11 is 1.69. The van der Waals surface area contributed by atoms with Crippen LogP contribution < -0.4 is 11.5 Å². The van der Waals surface area contributed by atoms with Gasteiger partial charge in [0.05, 0.1) is 6.04 Å². The molecular formula is C12H14N2S. The highest BCUT2D eigenvalue weighted by Crippen LogP contribution is 2.27. The van der Waals surface area contributed by atoms with Crippen molar-refractivity contribution in [3.63, 3.8) is 0 Å².